The minimum absolute atomic E-state index is 0.266. The Morgan fingerprint density at radius 1 is 0.833 bits per heavy atom. The maximum atomic E-state index is 12.8. The van der Waals surface area contributed by atoms with Crippen molar-refractivity contribution >= 4 is 11.6 Å². The number of methoxy groups -OCH3 is 3. The van der Waals surface area contributed by atoms with Crippen molar-refractivity contribution in [3.8, 4) is 23.0 Å². The van der Waals surface area contributed by atoms with Gasteiger partial charge in [0, 0.05) is 17.2 Å². The molecule has 0 aliphatic heterocycles. The van der Waals surface area contributed by atoms with E-state index in [2.05, 4.69) is 5.32 Å². The fraction of sp³-hybridized carbons (Fsp3) is 0.208. The van der Waals surface area contributed by atoms with Crippen molar-refractivity contribution in [1.82, 2.24) is 0 Å². The summed E-state index contributed by atoms with van der Waals surface area (Å²) in [4.78, 5) is 12.8. The maximum absolute atomic E-state index is 12.8. The summed E-state index contributed by atoms with van der Waals surface area (Å²) in [7, 11) is 4.71. The summed E-state index contributed by atoms with van der Waals surface area (Å²) in [6.45, 7) is 2.28. The Labute approximate surface area is 176 Å². The van der Waals surface area contributed by atoms with Crippen molar-refractivity contribution in [2.75, 3.05) is 26.6 Å². The summed E-state index contributed by atoms with van der Waals surface area (Å²) in [5.74, 6) is 2.30. The second kappa shape index (κ2) is 9.69. The quantitative estimate of drug-likeness (QED) is 0.578. The first-order valence-corrected chi connectivity index (χ1v) is 9.44. The number of nitrogens with one attached hydrogen (secondary N) is 1. The highest BCUT2D eigenvalue weighted by molar-refractivity contribution is 6.05. The Bertz CT molecular complexity index is 1030. The highest BCUT2D eigenvalue weighted by atomic mass is 16.5. The fourth-order valence-electron chi connectivity index (χ4n) is 3.00. The van der Waals surface area contributed by atoms with Crippen LogP contribution in [0.5, 0.6) is 23.0 Å². The van der Waals surface area contributed by atoms with Crippen molar-refractivity contribution in [3.63, 3.8) is 0 Å². The van der Waals surface area contributed by atoms with Gasteiger partial charge in [0.05, 0.1) is 27.0 Å². The monoisotopic (exact) mass is 407 g/mol. The molecule has 0 fully saturated rings. The van der Waals surface area contributed by atoms with Crippen LogP contribution in [0.2, 0.25) is 0 Å². The number of rotatable bonds is 8. The van der Waals surface area contributed by atoms with Gasteiger partial charge in [0.1, 0.15) is 29.6 Å². The average Bonchev–Trinajstić information content (AvgIpc) is 2.77. The highest BCUT2D eigenvalue weighted by Crippen LogP contribution is 2.30. The lowest BCUT2D eigenvalue weighted by atomic mass is 10.1. The molecule has 3 aromatic carbocycles. The Morgan fingerprint density at radius 2 is 1.63 bits per heavy atom. The van der Waals surface area contributed by atoms with E-state index in [0.29, 0.717) is 28.5 Å². The SMILES string of the molecule is COc1ccc(NC(=O)c2ccc(OC)c(COc3cccc(C)c3)c2)c(OC)c1. The first kappa shape index (κ1) is 21.0. The van der Waals surface area contributed by atoms with Gasteiger partial charge < -0.3 is 24.3 Å². The minimum atomic E-state index is -0.266. The van der Waals surface area contributed by atoms with Gasteiger partial charge in [-0.3, -0.25) is 4.79 Å². The van der Waals surface area contributed by atoms with Crippen LogP contribution in [-0.4, -0.2) is 27.2 Å². The van der Waals surface area contributed by atoms with Crippen LogP contribution in [0.25, 0.3) is 0 Å². The van der Waals surface area contributed by atoms with Crippen LogP contribution >= 0.6 is 0 Å². The Hall–Kier alpha value is -3.67. The summed E-state index contributed by atoms with van der Waals surface area (Å²) < 4.78 is 21.9. The van der Waals surface area contributed by atoms with Crippen LogP contribution in [0.1, 0.15) is 21.5 Å². The molecule has 1 N–H and O–H groups in total. The Morgan fingerprint density at radius 3 is 2.33 bits per heavy atom. The van der Waals surface area contributed by atoms with Gasteiger partial charge in [-0.15, -0.1) is 0 Å². The number of amides is 1. The Balaban J connectivity index is 1.79. The number of carbonyl (C=O) groups excluding carboxylic acids is 1. The van der Waals surface area contributed by atoms with Crippen LogP contribution < -0.4 is 24.3 Å². The lowest BCUT2D eigenvalue weighted by Gasteiger charge is -2.14. The molecule has 0 aromatic heterocycles. The zero-order valence-corrected chi connectivity index (χ0v) is 17.5. The second-order valence-corrected chi connectivity index (χ2v) is 6.65. The van der Waals surface area contributed by atoms with Crippen molar-refractivity contribution in [2.24, 2.45) is 0 Å². The van der Waals surface area contributed by atoms with Crippen molar-refractivity contribution in [2.45, 2.75) is 13.5 Å². The first-order chi connectivity index (χ1) is 14.5. The van der Waals surface area contributed by atoms with Gasteiger partial charge in [0.2, 0.25) is 0 Å². The van der Waals surface area contributed by atoms with Crippen LogP contribution in [0.3, 0.4) is 0 Å². The maximum Gasteiger partial charge on any atom is 0.255 e. The topological polar surface area (TPSA) is 66.0 Å². The molecule has 6 heteroatoms. The molecule has 3 aromatic rings. The number of hydrogen-bond donors (Lipinski definition) is 1. The molecule has 0 aliphatic carbocycles. The normalized spacial score (nSPS) is 10.3. The van der Waals surface area contributed by atoms with E-state index < -0.39 is 0 Å². The number of carbonyl (C=O) groups is 1. The third kappa shape index (κ3) is 5.03. The smallest absolute Gasteiger partial charge is 0.255 e. The molecule has 0 unspecified atom stereocenters. The van der Waals surface area contributed by atoms with E-state index in [4.69, 9.17) is 18.9 Å². The number of ether oxygens (including phenoxy) is 4. The van der Waals surface area contributed by atoms with E-state index in [1.165, 1.54) is 0 Å². The third-order valence-electron chi connectivity index (χ3n) is 4.58. The molecule has 6 nitrogen and oxygen atoms in total. The first-order valence-electron chi connectivity index (χ1n) is 9.44. The second-order valence-electron chi connectivity index (χ2n) is 6.65. The number of aryl methyl sites for hydroxylation is 1. The molecule has 1 amide bonds. The number of benzene rings is 3. The number of hydrogen-bond acceptors (Lipinski definition) is 5. The van der Waals surface area contributed by atoms with E-state index in [1.807, 2.05) is 31.2 Å². The van der Waals surface area contributed by atoms with Crippen molar-refractivity contribution < 1.29 is 23.7 Å². The summed E-state index contributed by atoms with van der Waals surface area (Å²) in [5.41, 5.74) is 2.92. The highest BCUT2D eigenvalue weighted by Gasteiger charge is 2.14. The molecule has 30 heavy (non-hydrogen) atoms. The van der Waals surface area contributed by atoms with E-state index in [0.717, 1.165) is 16.9 Å². The molecule has 0 spiro atoms. The molecule has 3 rings (SSSR count). The molecule has 0 bridgehead atoms. The zero-order chi connectivity index (χ0) is 21.5. The third-order valence-corrected chi connectivity index (χ3v) is 4.58. The van der Waals surface area contributed by atoms with Crippen LogP contribution in [-0.2, 0) is 6.61 Å². The van der Waals surface area contributed by atoms with Gasteiger partial charge in [-0.2, -0.15) is 0 Å². The van der Waals surface area contributed by atoms with Gasteiger partial charge >= 0.3 is 0 Å². The Kier molecular flexibility index (Phi) is 6.80. The van der Waals surface area contributed by atoms with E-state index in [9.17, 15) is 4.79 Å². The summed E-state index contributed by atoms with van der Waals surface area (Å²) in [6.07, 6.45) is 0. The zero-order valence-electron chi connectivity index (χ0n) is 17.5. The van der Waals surface area contributed by atoms with Crippen LogP contribution in [0.4, 0.5) is 5.69 Å². The van der Waals surface area contributed by atoms with Crippen LogP contribution in [0, 0.1) is 6.92 Å². The summed E-state index contributed by atoms with van der Waals surface area (Å²) in [5, 5.41) is 2.87. The standard InChI is InChI=1S/C24H25NO5/c1-16-6-5-7-20(12-16)30-15-18-13-17(8-11-22(18)28-3)24(26)25-21-10-9-19(27-2)14-23(21)29-4/h5-14H,15H2,1-4H3,(H,25,26). The lowest BCUT2D eigenvalue weighted by Crippen LogP contribution is -2.13. The van der Waals surface area contributed by atoms with Gasteiger partial charge in [-0.25, -0.2) is 0 Å². The molecule has 0 atom stereocenters. The molecular formula is C24H25NO5. The summed E-state index contributed by atoms with van der Waals surface area (Å²) in [6, 6.07) is 18.2. The number of anilines is 1. The molecule has 156 valence electrons. The average molecular weight is 407 g/mol. The predicted octanol–water partition coefficient (Wildman–Crippen LogP) is 4.85. The van der Waals surface area contributed by atoms with Crippen molar-refractivity contribution in [3.05, 3.63) is 77.4 Å². The lowest BCUT2D eigenvalue weighted by molar-refractivity contribution is 0.102. The molecule has 0 radical (unpaired) electrons. The largest absolute Gasteiger partial charge is 0.497 e. The summed E-state index contributed by atoms with van der Waals surface area (Å²) >= 11 is 0. The van der Waals surface area contributed by atoms with E-state index in [1.54, 1.807) is 57.7 Å². The van der Waals surface area contributed by atoms with Gasteiger partial charge in [0.25, 0.3) is 5.91 Å². The van der Waals surface area contributed by atoms with Gasteiger partial charge in [-0.05, 0) is 55.0 Å². The van der Waals surface area contributed by atoms with Gasteiger partial charge in [0.15, 0.2) is 0 Å². The minimum Gasteiger partial charge on any atom is -0.497 e. The van der Waals surface area contributed by atoms with Crippen LogP contribution in [0.15, 0.2) is 60.7 Å². The molecule has 0 heterocycles. The van der Waals surface area contributed by atoms with Crippen molar-refractivity contribution in [1.29, 1.82) is 0 Å². The molecule has 0 saturated heterocycles. The van der Waals surface area contributed by atoms with Gasteiger partial charge in [-0.1, -0.05) is 12.1 Å². The molecular weight excluding hydrogens is 382 g/mol. The fourth-order valence-corrected chi connectivity index (χ4v) is 3.00. The molecule has 0 aliphatic rings. The van der Waals surface area contributed by atoms with E-state index >= 15 is 0 Å². The predicted molar refractivity (Wildman–Crippen MR) is 116 cm³/mol. The molecule has 0 saturated carbocycles. The van der Waals surface area contributed by atoms with E-state index in [-0.39, 0.29) is 12.5 Å².